The second-order valence-corrected chi connectivity index (χ2v) is 11.3. The van der Waals surface area contributed by atoms with E-state index in [1.165, 1.54) is 17.7 Å². The van der Waals surface area contributed by atoms with Crippen LogP contribution in [0.15, 0.2) is 30.7 Å². The van der Waals surface area contributed by atoms with E-state index in [4.69, 9.17) is 0 Å². The summed E-state index contributed by atoms with van der Waals surface area (Å²) in [4.78, 5) is 47.7. The summed E-state index contributed by atoms with van der Waals surface area (Å²) in [6, 6.07) is 5.35. The molecule has 3 aromatic heterocycles. The first-order chi connectivity index (χ1) is 17.6. The molecule has 1 aliphatic rings. The van der Waals surface area contributed by atoms with Gasteiger partial charge in [-0.05, 0) is 37.0 Å². The van der Waals surface area contributed by atoms with Crippen LogP contribution >= 0.6 is 11.3 Å². The number of aromatic amines is 1. The Labute approximate surface area is 218 Å². The fraction of sp³-hybridized carbons (Fsp3) is 0.385. The smallest absolute Gasteiger partial charge is 0.326 e. The summed E-state index contributed by atoms with van der Waals surface area (Å²) in [5.74, 6) is -0.497. The molecule has 0 bridgehead atoms. The lowest BCUT2D eigenvalue weighted by molar-refractivity contribution is -0.138. The highest BCUT2D eigenvalue weighted by Gasteiger charge is 2.33. The molecular weight excluding hydrogens is 490 g/mol. The van der Waals surface area contributed by atoms with E-state index < -0.39 is 12.0 Å². The number of aromatic nitrogens is 5. The predicted molar refractivity (Wildman–Crippen MR) is 142 cm³/mol. The average molecular weight is 520 g/mol. The molecule has 1 atom stereocenters. The molecule has 192 valence electrons. The Morgan fingerprint density at radius 1 is 1.24 bits per heavy atom. The zero-order valence-electron chi connectivity index (χ0n) is 21.2. The Bertz CT molecular complexity index is 1490. The van der Waals surface area contributed by atoms with Crippen LogP contribution in [0.2, 0.25) is 0 Å². The third-order valence-electron chi connectivity index (χ3n) is 6.51. The van der Waals surface area contributed by atoms with E-state index in [9.17, 15) is 14.7 Å². The van der Waals surface area contributed by atoms with E-state index >= 15 is 0 Å². The maximum atomic E-state index is 12.7. The van der Waals surface area contributed by atoms with Crippen molar-refractivity contribution in [2.75, 3.05) is 11.4 Å². The fourth-order valence-corrected chi connectivity index (χ4v) is 5.37. The lowest BCUT2D eigenvalue weighted by Crippen LogP contribution is -2.36. The Morgan fingerprint density at radius 3 is 2.76 bits per heavy atom. The predicted octanol–water partition coefficient (Wildman–Crippen LogP) is 4.07. The lowest BCUT2D eigenvalue weighted by Gasteiger charge is -2.19. The van der Waals surface area contributed by atoms with Gasteiger partial charge in [-0.25, -0.2) is 19.7 Å². The first-order valence-electron chi connectivity index (χ1n) is 12.2. The van der Waals surface area contributed by atoms with Crippen LogP contribution in [-0.4, -0.2) is 54.5 Å². The largest absolute Gasteiger partial charge is 0.480 e. The minimum absolute atomic E-state index is 0.0934. The first-order valence-corrected chi connectivity index (χ1v) is 13.0. The van der Waals surface area contributed by atoms with Crippen LogP contribution in [0.4, 0.5) is 5.95 Å². The summed E-state index contributed by atoms with van der Waals surface area (Å²) in [6.45, 7) is 9.24. The number of aliphatic carboxylic acids is 1. The summed E-state index contributed by atoms with van der Waals surface area (Å²) < 4.78 is 0. The number of anilines is 1. The van der Waals surface area contributed by atoms with Gasteiger partial charge >= 0.3 is 5.97 Å². The molecule has 1 aromatic carbocycles. The Hall–Kier alpha value is -3.86. The molecule has 11 heteroatoms. The highest BCUT2D eigenvalue weighted by atomic mass is 32.1. The van der Waals surface area contributed by atoms with E-state index in [1.54, 1.807) is 11.1 Å². The number of carboxylic acid groups (broad SMARTS) is 1. The average Bonchev–Trinajstić information content (AvgIpc) is 3.61. The minimum Gasteiger partial charge on any atom is -0.480 e. The number of nitrogens with one attached hydrogen (secondary N) is 2. The molecule has 0 aliphatic carbocycles. The van der Waals surface area contributed by atoms with Crippen molar-refractivity contribution in [1.82, 2.24) is 30.2 Å². The molecule has 1 saturated heterocycles. The maximum absolute atomic E-state index is 12.7. The third kappa shape index (κ3) is 4.91. The minimum atomic E-state index is -0.854. The van der Waals surface area contributed by atoms with Crippen LogP contribution in [-0.2, 0) is 16.8 Å². The number of thiazole rings is 1. The molecule has 1 amide bonds. The van der Waals surface area contributed by atoms with Crippen LogP contribution in [0.3, 0.4) is 0 Å². The molecule has 0 radical (unpaired) electrons. The van der Waals surface area contributed by atoms with Crippen LogP contribution in [0.5, 0.6) is 0 Å². The number of aryl methyl sites for hydroxylation is 1. The second-order valence-electron chi connectivity index (χ2n) is 10.3. The van der Waals surface area contributed by atoms with Gasteiger partial charge in [0.2, 0.25) is 5.95 Å². The van der Waals surface area contributed by atoms with Crippen molar-refractivity contribution in [1.29, 1.82) is 0 Å². The molecule has 4 heterocycles. The summed E-state index contributed by atoms with van der Waals surface area (Å²) in [5, 5.41) is 13.5. The van der Waals surface area contributed by atoms with Gasteiger partial charge in [0.15, 0.2) is 5.65 Å². The Kier molecular flexibility index (Phi) is 6.40. The SMILES string of the molecule is Cc1cc(-c2ncnc3nc(N4CCCC4C(=O)O)[nH]c23)ccc1CNC(=O)c1cnc(C(C)(C)C)s1. The van der Waals surface area contributed by atoms with Crippen molar-refractivity contribution < 1.29 is 14.7 Å². The van der Waals surface area contributed by atoms with Gasteiger partial charge in [-0.2, -0.15) is 4.98 Å². The quantitative estimate of drug-likeness (QED) is 0.347. The van der Waals surface area contributed by atoms with Crippen molar-refractivity contribution >= 4 is 40.3 Å². The molecule has 3 N–H and O–H groups in total. The Morgan fingerprint density at radius 2 is 2.05 bits per heavy atom. The first kappa shape index (κ1) is 24.8. The zero-order chi connectivity index (χ0) is 26.3. The second kappa shape index (κ2) is 9.55. The number of carboxylic acids is 1. The normalized spacial score (nSPS) is 15.9. The standard InChI is InChI=1S/C26H29N7O3S/c1-14-10-15(7-8-16(14)11-27-22(34)18-12-28-24(37-18)26(2,3)4)19-20-21(30-13-29-19)32-25(31-20)33-9-5-6-17(33)23(35)36/h7-8,10,12-13,17H,5-6,9,11H2,1-4H3,(H,27,34)(H,35,36)(H,29,30,31,32). The lowest BCUT2D eigenvalue weighted by atomic mass is 9.98. The monoisotopic (exact) mass is 519 g/mol. The van der Waals surface area contributed by atoms with Crippen LogP contribution in [0.25, 0.3) is 22.4 Å². The van der Waals surface area contributed by atoms with Crippen molar-refractivity contribution in [2.24, 2.45) is 0 Å². The molecule has 0 saturated carbocycles. The fourth-order valence-electron chi connectivity index (χ4n) is 4.48. The van der Waals surface area contributed by atoms with Gasteiger partial charge in [0.1, 0.15) is 22.8 Å². The van der Waals surface area contributed by atoms with Gasteiger partial charge in [-0.15, -0.1) is 11.3 Å². The molecule has 37 heavy (non-hydrogen) atoms. The number of carbonyl (C=O) groups is 2. The highest BCUT2D eigenvalue weighted by molar-refractivity contribution is 7.13. The number of H-pyrrole nitrogens is 1. The molecule has 5 rings (SSSR count). The van der Waals surface area contributed by atoms with Gasteiger partial charge in [0, 0.05) is 24.1 Å². The number of hydrogen-bond acceptors (Lipinski definition) is 8. The summed E-state index contributed by atoms with van der Waals surface area (Å²) in [5.41, 5.74) is 4.63. The van der Waals surface area contributed by atoms with Crippen molar-refractivity contribution in [2.45, 2.75) is 58.5 Å². The zero-order valence-corrected chi connectivity index (χ0v) is 22.0. The number of amides is 1. The number of hydrogen-bond donors (Lipinski definition) is 3. The number of carbonyl (C=O) groups excluding carboxylic acids is 1. The molecule has 1 aliphatic heterocycles. The van der Waals surface area contributed by atoms with E-state index in [0.717, 1.165) is 28.1 Å². The number of fused-ring (bicyclic) bond motifs is 1. The molecule has 1 unspecified atom stereocenters. The summed E-state index contributed by atoms with van der Waals surface area (Å²) in [7, 11) is 0. The van der Waals surface area contributed by atoms with E-state index in [0.29, 0.717) is 47.2 Å². The molecule has 0 spiro atoms. The third-order valence-corrected chi connectivity index (χ3v) is 7.93. The number of nitrogens with zero attached hydrogens (tertiary/aromatic N) is 5. The number of imidazole rings is 1. The van der Waals surface area contributed by atoms with Crippen molar-refractivity contribution in [3.63, 3.8) is 0 Å². The van der Waals surface area contributed by atoms with Gasteiger partial charge in [0.05, 0.1) is 16.9 Å². The summed E-state index contributed by atoms with van der Waals surface area (Å²) >= 11 is 1.42. The number of benzene rings is 1. The number of rotatable bonds is 6. The van der Waals surface area contributed by atoms with E-state index in [-0.39, 0.29) is 11.3 Å². The van der Waals surface area contributed by atoms with Crippen LogP contribution in [0, 0.1) is 6.92 Å². The highest BCUT2D eigenvalue weighted by Crippen LogP contribution is 2.30. The van der Waals surface area contributed by atoms with E-state index in [2.05, 4.69) is 51.0 Å². The maximum Gasteiger partial charge on any atom is 0.326 e. The molecular formula is C26H29N7O3S. The summed E-state index contributed by atoms with van der Waals surface area (Å²) in [6.07, 6.45) is 4.48. The van der Waals surface area contributed by atoms with Gasteiger partial charge in [-0.3, -0.25) is 4.79 Å². The molecule has 4 aromatic rings. The van der Waals surface area contributed by atoms with Crippen LogP contribution in [0.1, 0.15) is 59.4 Å². The topological polar surface area (TPSA) is 137 Å². The Balaban J connectivity index is 1.35. The molecule has 10 nitrogen and oxygen atoms in total. The van der Waals surface area contributed by atoms with Gasteiger partial charge in [0.25, 0.3) is 5.91 Å². The molecule has 1 fully saturated rings. The van der Waals surface area contributed by atoms with Crippen molar-refractivity contribution in [3.05, 3.63) is 51.7 Å². The van der Waals surface area contributed by atoms with Crippen LogP contribution < -0.4 is 10.2 Å². The van der Waals surface area contributed by atoms with Gasteiger partial charge in [-0.1, -0.05) is 32.9 Å². The van der Waals surface area contributed by atoms with E-state index in [1.807, 2.05) is 25.1 Å². The van der Waals surface area contributed by atoms with Gasteiger partial charge < -0.3 is 20.3 Å². The van der Waals surface area contributed by atoms with Crippen molar-refractivity contribution in [3.8, 4) is 11.3 Å².